The quantitative estimate of drug-likeness (QED) is 0.698. The minimum Gasteiger partial charge on any atom is -0.383 e. The van der Waals surface area contributed by atoms with E-state index in [-0.39, 0.29) is 10.8 Å². The Bertz CT molecular complexity index is 630. The number of carbonyl (C=O) groups excluding carboxylic acids is 1. The summed E-state index contributed by atoms with van der Waals surface area (Å²) in [6.07, 6.45) is 0.972. The first-order valence-corrected chi connectivity index (χ1v) is 9.84. The number of hydrogen-bond acceptors (Lipinski definition) is 6. The standard InChI is InChI=1S/C14H23N3O4S2/c1-15-14(18)13-7-12(10-22-13)23(19,20)16-8-11-3-4-17(9-11)5-6-21-2/h7,10-11,16H,3-6,8-9H2,1-2H3,(H,15,18). The Hall–Kier alpha value is -1.00. The number of nitrogens with one attached hydrogen (secondary N) is 2. The van der Waals surface area contributed by atoms with Crippen LogP contribution in [0, 0.1) is 5.92 Å². The van der Waals surface area contributed by atoms with Crippen LogP contribution in [0.4, 0.5) is 0 Å². The van der Waals surface area contributed by atoms with Gasteiger partial charge in [0.05, 0.1) is 16.4 Å². The molecule has 0 spiro atoms. The monoisotopic (exact) mass is 361 g/mol. The predicted molar refractivity (Wildman–Crippen MR) is 89.3 cm³/mol. The molecule has 1 saturated heterocycles. The Balaban J connectivity index is 1.87. The van der Waals surface area contributed by atoms with Crippen LogP contribution in [-0.2, 0) is 14.8 Å². The maximum Gasteiger partial charge on any atom is 0.261 e. The lowest BCUT2D eigenvalue weighted by atomic mass is 10.1. The van der Waals surface area contributed by atoms with E-state index in [1.54, 1.807) is 7.11 Å². The van der Waals surface area contributed by atoms with Gasteiger partial charge in [-0.25, -0.2) is 13.1 Å². The molecule has 2 N–H and O–H groups in total. The highest BCUT2D eigenvalue weighted by molar-refractivity contribution is 7.89. The third-order valence-electron chi connectivity index (χ3n) is 3.88. The Kier molecular flexibility index (Phi) is 6.54. The minimum absolute atomic E-state index is 0.148. The van der Waals surface area contributed by atoms with Crippen LogP contribution in [0.1, 0.15) is 16.1 Å². The fourth-order valence-electron chi connectivity index (χ4n) is 2.52. The first kappa shape index (κ1) is 18.3. The highest BCUT2D eigenvalue weighted by Crippen LogP contribution is 2.20. The molecule has 1 unspecified atom stereocenters. The van der Waals surface area contributed by atoms with Crippen molar-refractivity contribution in [1.29, 1.82) is 0 Å². The number of amides is 1. The number of thiophene rings is 1. The van der Waals surface area contributed by atoms with Crippen LogP contribution in [0.3, 0.4) is 0 Å². The van der Waals surface area contributed by atoms with Gasteiger partial charge in [-0.2, -0.15) is 0 Å². The number of ether oxygens (including phenoxy) is 1. The molecular formula is C14H23N3O4S2. The largest absolute Gasteiger partial charge is 0.383 e. The maximum absolute atomic E-state index is 12.3. The van der Waals surface area contributed by atoms with Gasteiger partial charge < -0.3 is 15.0 Å². The number of rotatable bonds is 8. The molecule has 0 radical (unpaired) electrons. The van der Waals surface area contributed by atoms with E-state index < -0.39 is 10.0 Å². The van der Waals surface area contributed by atoms with Crippen LogP contribution in [0.25, 0.3) is 0 Å². The summed E-state index contributed by atoms with van der Waals surface area (Å²) in [6, 6.07) is 1.41. The number of nitrogens with zero attached hydrogens (tertiary/aromatic N) is 1. The van der Waals surface area contributed by atoms with Crippen LogP contribution in [0.2, 0.25) is 0 Å². The molecule has 2 rings (SSSR count). The van der Waals surface area contributed by atoms with Gasteiger partial charge in [-0.05, 0) is 24.9 Å². The topological polar surface area (TPSA) is 87.7 Å². The zero-order valence-corrected chi connectivity index (χ0v) is 15.0. The molecule has 1 aromatic heterocycles. The summed E-state index contributed by atoms with van der Waals surface area (Å²) in [5.41, 5.74) is 0. The van der Waals surface area contributed by atoms with Crippen LogP contribution < -0.4 is 10.0 Å². The number of hydrogen-bond donors (Lipinski definition) is 2. The van der Waals surface area contributed by atoms with Gasteiger partial charge in [0, 0.05) is 39.2 Å². The second-order valence-electron chi connectivity index (χ2n) is 5.53. The molecule has 1 aliphatic heterocycles. The molecule has 1 amide bonds. The second-order valence-corrected chi connectivity index (χ2v) is 8.20. The van der Waals surface area contributed by atoms with E-state index >= 15 is 0 Å². The molecule has 0 saturated carbocycles. The molecule has 1 aliphatic rings. The average Bonchev–Trinajstić information content (AvgIpc) is 3.20. The van der Waals surface area contributed by atoms with Crippen molar-refractivity contribution in [3.05, 3.63) is 16.3 Å². The summed E-state index contributed by atoms with van der Waals surface area (Å²) in [5, 5.41) is 3.98. The summed E-state index contributed by atoms with van der Waals surface area (Å²) >= 11 is 1.12. The van der Waals surface area contributed by atoms with Crippen molar-refractivity contribution in [2.45, 2.75) is 11.3 Å². The van der Waals surface area contributed by atoms with E-state index in [0.29, 0.717) is 23.9 Å². The third-order valence-corrected chi connectivity index (χ3v) is 6.36. The molecule has 0 bridgehead atoms. The van der Waals surface area contributed by atoms with Gasteiger partial charge in [-0.1, -0.05) is 0 Å². The number of carbonyl (C=O) groups is 1. The molecule has 23 heavy (non-hydrogen) atoms. The van der Waals surface area contributed by atoms with Gasteiger partial charge in [0.25, 0.3) is 5.91 Å². The van der Waals surface area contributed by atoms with E-state index in [2.05, 4.69) is 14.9 Å². The Morgan fingerprint density at radius 2 is 2.30 bits per heavy atom. The lowest BCUT2D eigenvalue weighted by molar-refractivity contribution is 0.0967. The van der Waals surface area contributed by atoms with Crippen molar-refractivity contribution < 1.29 is 17.9 Å². The van der Waals surface area contributed by atoms with Gasteiger partial charge in [-0.15, -0.1) is 11.3 Å². The molecule has 2 heterocycles. The fraction of sp³-hybridized carbons (Fsp3) is 0.643. The van der Waals surface area contributed by atoms with Crippen molar-refractivity contribution in [3.8, 4) is 0 Å². The minimum atomic E-state index is -3.57. The smallest absolute Gasteiger partial charge is 0.261 e. The van der Waals surface area contributed by atoms with Gasteiger partial charge >= 0.3 is 0 Å². The molecule has 130 valence electrons. The number of likely N-dealkylation sites (tertiary alicyclic amines) is 1. The van der Waals surface area contributed by atoms with Crippen molar-refractivity contribution in [3.63, 3.8) is 0 Å². The van der Waals surface area contributed by atoms with Gasteiger partial charge in [-0.3, -0.25) is 4.79 Å². The van der Waals surface area contributed by atoms with E-state index in [1.165, 1.54) is 18.5 Å². The van der Waals surface area contributed by atoms with Gasteiger partial charge in [0.15, 0.2) is 0 Å². The van der Waals surface area contributed by atoms with Crippen LogP contribution in [0.15, 0.2) is 16.3 Å². The molecule has 0 aliphatic carbocycles. The molecule has 1 atom stereocenters. The van der Waals surface area contributed by atoms with E-state index in [0.717, 1.165) is 37.4 Å². The zero-order chi connectivity index (χ0) is 16.9. The lowest BCUT2D eigenvalue weighted by Gasteiger charge is -2.15. The fourth-order valence-corrected chi connectivity index (χ4v) is 4.85. The van der Waals surface area contributed by atoms with Gasteiger partial charge in [0.2, 0.25) is 10.0 Å². The van der Waals surface area contributed by atoms with E-state index in [9.17, 15) is 13.2 Å². The van der Waals surface area contributed by atoms with Crippen molar-refractivity contribution >= 4 is 27.3 Å². The average molecular weight is 361 g/mol. The molecule has 1 aromatic rings. The Morgan fingerprint density at radius 1 is 1.52 bits per heavy atom. The molecular weight excluding hydrogens is 338 g/mol. The summed E-state index contributed by atoms with van der Waals surface area (Å²) in [7, 11) is -0.372. The second kappa shape index (κ2) is 8.20. The maximum atomic E-state index is 12.3. The number of methoxy groups -OCH3 is 1. The molecule has 1 fully saturated rings. The summed E-state index contributed by atoms with van der Waals surface area (Å²) in [5.74, 6) is 0.0275. The normalized spacial score (nSPS) is 19.1. The highest BCUT2D eigenvalue weighted by atomic mass is 32.2. The Morgan fingerprint density at radius 3 is 3.00 bits per heavy atom. The SMILES string of the molecule is CNC(=O)c1cc(S(=O)(=O)NCC2CCN(CCOC)C2)cs1. The summed E-state index contributed by atoms with van der Waals surface area (Å²) in [6.45, 7) is 3.82. The van der Waals surface area contributed by atoms with Crippen molar-refractivity contribution in [2.24, 2.45) is 5.92 Å². The third kappa shape index (κ3) is 4.98. The van der Waals surface area contributed by atoms with Crippen molar-refractivity contribution in [1.82, 2.24) is 14.9 Å². The molecule has 0 aromatic carbocycles. The zero-order valence-electron chi connectivity index (χ0n) is 13.4. The first-order chi connectivity index (χ1) is 11.0. The summed E-state index contributed by atoms with van der Waals surface area (Å²) < 4.78 is 32.3. The highest BCUT2D eigenvalue weighted by Gasteiger charge is 2.25. The van der Waals surface area contributed by atoms with Crippen molar-refractivity contribution in [2.75, 3.05) is 46.9 Å². The molecule has 9 heteroatoms. The van der Waals surface area contributed by atoms with Gasteiger partial charge in [0.1, 0.15) is 0 Å². The first-order valence-electron chi connectivity index (χ1n) is 7.48. The lowest BCUT2D eigenvalue weighted by Crippen LogP contribution is -2.31. The number of sulfonamides is 1. The molecule has 7 nitrogen and oxygen atoms in total. The van der Waals surface area contributed by atoms with Crippen LogP contribution in [0.5, 0.6) is 0 Å². The summed E-state index contributed by atoms with van der Waals surface area (Å²) in [4.78, 5) is 14.3. The predicted octanol–water partition coefficient (Wildman–Crippen LogP) is 0.354. The van der Waals surface area contributed by atoms with E-state index in [4.69, 9.17) is 4.74 Å². The van der Waals surface area contributed by atoms with Crippen LogP contribution >= 0.6 is 11.3 Å². The van der Waals surface area contributed by atoms with E-state index in [1.807, 2.05) is 0 Å². The Labute approximate surface area is 141 Å². The van der Waals surface area contributed by atoms with Crippen LogP contribution in [-0.4, -0.2) is 66.2 Å².